The second kappa shape index (κ2) is 14.2. The molecule has 1 unspecified atom stereocenters. The van der Waals surface area contributed by atoms with E-state index in [-0.39, 0.29) is 11.9 Å². The summed E-state index contributed by atoms with van der Waals surface area (Å²) in [6.45, 7) is 6.71. The van der Waals surface area contributed by atoms with Crippen molar-refractivity contribution in [3.8, 4) is 0 Å². The minimum atomic E-state index is -1.06. The van der Waals surface area contributed by atoms with Crippen LogP contribution in [0.15, 0.2) is 77.9 Å². The number of fused-ring (bicyclic) bond motifs is 1. The van der Waals surface area contributed by atoms with Gasteiger partial charge in [0.1, 0.15) is 11.9 Å². The van der Waals surface area contributed by atoms with Crippen molar-refractivity contribution in [3.05, 3.63) is 101 Å². The van der Waals surface area contributed by atoms with Gasteiger partial charge in [-0.05, 0) is 49.6 Å². The first-order chi connectivity index (χ1) is 22.2. The van der Waals surface area contributed by atoms with Crippen molar-refractivity contribution in [3.63, 3.8) is 0 Å². The fraction of sp³-hybridized carbons (Fsp3) is 0.286. The van der Waals surface area contributed by atoms with Crippen molar-refractivity contribution in [2.45, 2.75) is 59.0 Å². The Morgan fingerprint density at radius 2 is 1.89 bits per heavy atom. The van der Waals surface area contributed by atoms with Crippen molar-refractivity contribution in [2.24, 2.45) is 4.99 Å². The number of hydrogen-bond acceptors (Lipinski definition) is 9. The molecule has 0 saturated heterocycles. The van der Waals surface area contributed by atoms with E-state index in [4.69, 9.17) is 10.7 Å². The number of aliphatic imine (C=N–C) groups is 1. The number of nitrogens with zero attached hydrogens (tertiary/aromatic N) is 5. The number of nitrogen functional groups attached to an aromatic ring is 1. The molecule has 1 aliphatic heterocycles. The molecule has 11 nitrogen and oxygen atoms in total. The molecule has 5 rings (SSSR count). The zero-order valence-corrected chi connectivity index (χ0v) is 26.6. The number of aryl methyl sites for hydroxylation is 1. The predicted molar refractivity (Wildman–Crippen MR) is 183 cm³/mol. The number of nitrogens with two attached hydrogens (primary N) is 1. The molecule has 3 aromatic carbocycles. The van der Waals surface area contributed by atoms with Gasteiger partial charge in [0, 0.05) is 53.6 Å². The van der Waals surface area contributed by atoms with Gasteiger partial charge >= 0.3 is 0 Å². The number of carbonyl (C=O) groups excluding carboxylic acids is 2. The van der Waals surface area contributed by atoms with Crippen LogP contribution in [-0.4, -0.2) is 46.2 Å². The second-order valence-electron chi connectivity index (χ2n) is 11.4. The third-order valence-corrected chi connectivity index (χ3v) is 8.03. The minimum Gasteiger partial charge on any atom is -0.380 e. The molecule has 1 aromatic heterocycles. The molecule has 0 bridgehead atoms. The Kier molecular flexibility index (Phi) is 9.92. The third kappa shape index (κ3) is 7.16. The number of carbonyl (C=O) groups is 2. The van der Waals surface area contributed by atoms with Gasteiger partial charge < -0.3 is 31.3 Å². The Balaban J connectivity index is 1.39. The van der Waals surface area contributed by atoms with Crippen LogP contribution in [0.2, 0.25) is 0 Å². The van der Waals surface area contributed by atoms with Crippen LogP contribution in [0.1, 0.15) is 60.7 Å². The molecule has 2 amide bonds. The fourth-order valence-electron chi connectivity index (χ4n) is 5.52. The van der Waals surface area contributed by atoms with Crippen molar-refractivity contribution in [1.29, 1.82) is 0 Å². The largest absolute Gasteiger partial charge is 0.380 e. The molecule has 4 aromatic rings. The molecule has 0 spiro atoms. The number of hydrogen-bond donors (Lipinski definition) is 4. The van der Waals surface area contributed by atoms with Gasteiger partial charge in [-0.2, -0.15) is 4.98 Å². The maximum absolute atomic E-state index is 13.8. The number of aliphatic hydroxyl groups excluding tert-OH is 1. The average molecular weight is 621 g/mol. The van der Waals surface area contributed by atoms with Crippen LogP contribution >= 0.6 is 0 Å². The summed E-state index contributed by atoms with van der Waals surface area (Å²) in [5.41, 5.74) is 12.9. The summed E-state index contributed by atoms with van der Waals surface area (Å²) in [4.78, 5) is 41.5. The van der Waals surface area contributed by atoms with Gasteiger partial charge in [0.15, 0.2) is 6.23 Å². The fourth-order valence-corrected chi connectivity index (χ4v) is 5.52. The van der Waals surface area contributed by atoms with Crippen LogP contribution in [0, 0.1) is 6.92 Å². The molecule has 1 aliphatic rings. The number of benzodiazepines with no additional fused rings is 1. The molecule has 2 heterocycles. The number of aromatic nitrogens is 2. The van der Waals surface area contributed by atoms with Crippen LogP contribution in [0.4, 0.5) is 28.8 Å². The Labute approximate surface area is 269 Å². The molecule has 238 valence electrons. The molecule has 2 atom stereocenters. The highest BCUT2D eigenvalue weighted by Gasteiger charge is 2.31. The van der Waals surface area contributed by atoms with Crippen molar-refractivity contribution >= 4 is 46.9 Å². The molecule has 5 N–H and O–H groups in total. The van der Waals surface area contributed by atoms with E-state index in [1.54, 1.807) is 18.1 Å². The lowest BCUT2D eigenvalue weighted by atomic mass is 10.0. The number of nitrogens with one attached hydrogen (secondary N) is 2. The third-order valence-electron chi connectivity index (χ3n) is 8.03. The van der Waals surface area contributed by atoms with E-state index in [2.05, 4.69) is 27.5 Å². The normalized spacial score (nSPS) is 15.0. The zero-order valence-electron chi connectivity index (χ0n) is 26.6. The average Bonchev–Trinajstić information content (AvgIpc) is 3.15. The van der Waals surface area contributed by atoms with E-state index in [1.807, 2.05) is 80.6 Å². The van der Waals surface area contributed by atoms with Gasteiger partial charge in [-0.1, -0.05) is 61.9 Å². The van der Waals surface area contributed by atoms with Gasteiger partial charge in [0.25, 0.3) is 5.91 Å². The van der Waals surface area contributed by atoms with E-state index < -0.39 is 12.3 Å². The topological polar surface area (TPSA) is 149 Å². The number of aliphatic hydroxyl groups is 1. The van der Waals surface area contributed by atoms with Gasteiger partial charge in [0.05, 0.1) is 12.2 Å². The lowest BCUT2D eigenvalue weighted by Gasteiger charge is -2.27. The molecule has 11 heteroatoms. The highest BCUT2D eigenvalue weighted by Crippen LogP contribution is 2.33. The maximum Gasteiger partial charge on any atom is 0.252 e. The first kappa shape index (κ1) is 32.1. The Morgan fingerprint density at radius 1 is 1.11 bits per heavy atom. The van der Waals surface area contributed by atoms with Crippen molar-refractivity contribution in [2.75, 3.05) is 33.2 Å². The zero-order chi connectivity index (χ0) is 32.8. The van der Waals surface area contributed by atoms with Crippen molar-refractivity contribution < 1.29 is 14.7 Å². The van der Waals surface area contributed by atoms with E-state index >= 15 is 0 Å². The van der Waals surface area contributed by atoms with Gasteiger partial charge in [-0.3, -0.25) is 14.6 Å². The summed E-state index contributed by atoms with van der Waals surface area (Å²) < 4.78 is 0. The molecule has 0 fully saturated rings. The summed E-state index contributed by atoms with van der Waals surface area (Å²) in [5, 5.41) is 18.0. The second-order valence-corrected chi connectivity index (χ2v) is 11.4. The van der Waals surface area contributed by atoms with E-state index in [0.717, 1.165) is 40.2 Å². The van der Waals surface area contributed by atoms with Gasteiger partial charge in [0.2, 0.25) is 12.4 Å². The Morgan fingerprint density at radius 3 is 2.63 bits per heavy atom. The molecule has 46 heavy (non-hydrogen) atoms. The first-order valence-corrected chi connectivity index (χ1v) is 15.3. The highest BCUT2D eigenvalue weighted by molar-refractivity contribution is 6.12. The standard InChI is InChI=1S/C35H40N8O3/c1-5-9-29-34(46)43(20-24-10-7-6-8-11-24)31-16-25(13-15-28(31)23(3)39-29)33(45)40-27-14-12-22(2)30(17-27)37-18-26-19-38-35(36)41-32(26)42(4)21-44/h6-8,10-17,19,21,29,33,37,40,45H,5,9,18,20H2,1-4H3,(H2,36,38,41)/t29-,33?/m0/s1. The number of amides is 2. The summed E-state index contributed by atoms with van der Waals surface area (Å²) in [5.74, 6) is 0.450. The molecule has 0 saturated carbocycles. The lowest BCUT2D eigenvalue weighted by molar-refractivity contribution is -0.120. The van der Waals surface area contributed by atoms with E-state index in [0.29, 0.717) is 48.6 Å². The predicted octanol–water partition coefficient (Wildman–Crippen LogP) is 5.20. The molecule has 0 radical (unpaired) electrons. The van der Waals surface area contributed by atoms with Gasteiger partial charge in [-0.25, -0.2) is 4.98 Å². The Hall–Kier alpha value is -5.29. The van der Waals surface area contributed by atoms with E-state index in [9.17, 15) is 14.7 Å². The Bertz CT molecular complexity index is 1740. The summed E-state index contributed by atoms with van der Waals surface area (Å²) in [6.07, 6.45) is 2.71. The number of rotatable bonds is 12. The smallest absolute Gasteiger partial charge is 0.252 e. The number of anilines is 5. The monoisotopic (exact) mass is 620 g/mol. The van der Waals surface area contributed by atoms with Crippen LogP contribution in [-0.2, 0) is 22.7 Å². The molecule has 0 aliphatic carbocycles. The summed E-state index contributed by atoms with van der Waals surface area (Å²) >= 11 is 0. The van der Waals surface area contributed by atoms with E-state index in [1.165, 1.54) is 4.90 Å². The maximum atomic E-state index is 13.8. The van der Waals surface area contributed by atoms with Gasteiger partial charge in [-0.15, -0.1) is 0 Å². The summed E-state index contributed by atoms with van der Waals surface area (Å²) in [6, 6.07) is 20.8. The van der Waals surface area contributed by atoms with Crippen LogP contribution in [0.5, 0.6) is 0 Å². The number of benzene rings is 3. The van der Waals surface area contributed by atoms with Crippen molar-refractivity contribution in [1.82, 2.24) is 9.97 Å². The molecular weight excluding hydrogens is 580 g/mol. The quantitative estimate of drug-likeness (QED) is 0.125. The van der Waals surface area contributed by atoms with Crippen LogP contribution < -0.4 is 26.2 Å². The SMILES string of the molecule is CCC[C@@H]1N=C(C)c2ccc(C(O)Nc3ccc(C)c(NCc4cnc(N)nc4N(C)C=O)c3)cc2N(Cc2ccccc2)C1=O. The minimum absolute atomic E-state index is 0.0494. The highest BCUT2D eigenvalue weighted by atomic mass is 16.3. The van der Waals surface area contributed by atoms with Crippen LogP contribution in [0.25, 0.3) is 0 Å². The summed E-state index contributed by atoms with van der Waals surface area (Å²) in [7, 11) is 1.60. The first-order valence-electron chi connectivity index (χ1n) is 15.3. The van der Waals surface area contributed by atoms with Crippen LogP contribution in [0.3, 0.4) is 0 Å². The molecular formula is C35H40N8O3. The lowest BCUT2D eigenvalue weighted by Crippen LogP contribution is -2.37.